The van der Waals surface area contributed by atoms with Gasteiger partial charge in [-0.05, 0) is 31.0 Å². The lowest BCUT2D eigenvalue weighted by molar-refractivity contribution is -0.0498. The van der Waals surface area contributed by atoms with Crippen LogP contribution in [-0.4, -0.2) is 24.4 Å². The Morgan fingerprint density at radius 2 is 2.11 bits per heavy atom. The van der Waals surface area contributed by atoms with Crippen LogP contribution in [0.2, 0.25) is 0 Å². The second kappa shape index (κ2) is 8.85. The molecule has 0 spiro atoms. The lowest BCUT2D eigenvalue weighted by Crippen LogP contribution is -2.24. The predicted molar refractivity (Wildman–Crippen MR) is 73.1 cm³/mol. The fourth-order valence-electron chi connectivity index (χ4n) is 1.51. The van der Waals surface area contributed by atoms with Gasteiger partial charge in [-0.1, -0.05) is 28.4 Å². The minimum Gasteiger partial charge on any atom is -0.435 e. The summed E-state index contributed by atoms with van der Waals surface area (Å²) < 4.78 is 28.3. The molecular formula is C13H16BrF2NO2. The zero-order valence-corrected chi connectivity index (χ0v) is 12.0. The van der Waals surface area contributed by atoms with Crippen molar-refractivity contribution in [1.29, 1.82) is 0 Å². The van der Waals surface area contributed by atoms with E-state index in [1.807, 2.05) is 0 Å². The maximum atomic E-state index is 12.0. The molecule has 1 aromatic carbocycles. The van der Waals surface area contributed by atoms with Crippen molar-refractivity contribution in [1.82, 2.24) is 5.32 Å². The third-order valence-corrected chi connectivity index (χ3v) is 2.98. The number of carbonyl (C=O) groups excluding carboxylic acids is 1. The van der Waals surface area contributed by atoms with Crippen LogP contribution < -0.4 is 10.1 Å². The van der Waals surface area contributed by atoms with Crippen LogP contribution in [0, 0.1) is 0 Å². The molecule has 0 saturated carbocycles. The van der Waals surface area contributed by atoms with Gasteiger partial charge in [0.2, 0.25) is 0 Å². The summed E-state index contributed by atoms with van der Waals surface area (Å²) in [5, 5.41) is 3.69. The summed E-state index contributed by atoms with van der Waals surface area (Å²) in [7, 11) is 0. The van der Waals surface area contributed by atoms with Crippen molar-refractivity contribution in [2.45, 2.75) is 25.9 Å². The molecule has 3 nitrogen and oxygen atoms in total. The van der Waals surface area contributed by atoms with E-state index in [0.717, 1.165) is 24.6 Å². The predicted octanol–water partition coefficient (Wildman–Crippen LogP) is 3.58. The van der Waals surface area contributed by atoms with E-state index in [-0.39, 0.29) is 11.7 Å². The van der Waals surface area contributed by atoms with Crippen LogP contribution in [0.25, 0.3) is 0 Å². The number of hydrogen-bond acceptors (Lipinski definition) is 2. The Kier molecular flexibility index (Phi) is 7.40. The molecule has 0 aliphatic heterocycles. The maximum absolute atomic E-state index is 12.0. The van der Waals surface area contributed by atoms with Crippen molar-refractivity contribution in [3.8, 4) is 5.75 Å². The normalized spacial score (nSPS) is 10.5. The van der Waals surface area contributed by atoms with Crippen LogP contribution in [0.4, 0.5) is 8.78 Å². The Morgan fingerprint density at radius 1 is 1.32 bits per heavy atom. The summed E-state index contributed by atoms with van der Waals surface area (Å²) in [6.45, 7) is -2.31. The quantitative estimate of drug-likeness (QED) is 0.582. The molecule has 1 N–H and O–H groups in total. The summed E-state index contributed by atoms with van der Waals surface area (Å²) in [5.74, 6) is -0.291. The van der Waals surface area contributed by atoms with Crippen LogP contribution in [-0.2, 0) is 0 Å². The van der Waals surface area contributed by atoms with Crippen LogP contribution in [0.5, 0.6) is 5.75 Å². The van der Waals surface area contributed by atoms with Gasteiger partial charge in [0.1, 0.15) is 5.75 Å². The molecule has 0 saturated heterocycles. The first-order chi connectivity index (χ1) is 9.13. The van der Waals surface area contributed by atoms with Crippen LogP contribution in [0.3, 0.4) is 0 Å². The molecule has 0 unspecified atom stereocenters. The highest BCUT2D eigenvalue weighted by Crippen LogP contribution is 2.15. The fraction of sp³-hybridized carbons (Fsp3) is 0.462. The summed E-state index contributed by atoms with van der Waals surface area (Å²) in [5.41, 5.74) is 0.318. The summed E-state index contributed by atoms with van der Waals surface area (Å²) in [6.07, 6.45) is 2.98. The highest BCUT2D eigenvalue weighted by Gasteiger charge is 2.08. The zero-order chi connectivity index (χ0) is 14.1. The lowest BCUT2D eigenvalue weighted by atomic mass is 10.2. The minimum absolute atomic E-state index is 0.0121. The number of rotatable bonds is 8. The standard InChI is InChI=1S/C13H16BrF2NO2/c14-7-2-1-3-8-17-12(18)10-5-4-6-11(9-10)19-13(15)16/h4-6,9,13H,1-3,7-8H2,(H,17,18). The summed E-state index contributed by atoms with van der Waals surface area (Å²) >= 11 is 3.33. The SMILES string of the molecule is O=C(NCCCCCBr)c1cccc(OC(F)F)c1. The van der Waals surface area contributed by atoms with Gasteiger partial charge in [0, 0.05) is 17.4 Å². The fourth-order valence-corrected chi connectivity index (χ4v) is 1.91. The van der Waals surface area contributed by atoms with Gasteiger partial charge in [-0.3, -0.25) is 4.79 Å². The Morgan fingerprint density at radius 3 is 2.79 bits per heavy atom. The zero-order valence-electron chi connectivity index (χ0n) is 10.4. The molecule has 0 atom stereocenters. The van der Waals surface area contributed by atoms with Gasteiger partial charge in [-0.15, -0.1) is 0 Å². The Labute approximate surface area is 119 Å². The first-order valence-corrected chi connectivity index (χ1v) is 7.14. The number of alkyl halides is 3. The molecule has 0 radical (unpaired) electrons. The number of ether oxygens (including phenoxy) is 1. The van der Waals surface area contributed by atoms with E-state index >= 15 is 0 Å². The molecule has 0 bridgehead atoms. The smallest absolute Gasteiger partial charge is 0.387 e. The molecule has 6 heteroatoms. The molecule has 1 rings (SSSR count). The van der Waals surface area contributed by atoms with Gasteiger partial charge in [0.05, 0.1) is 0 Å². The van der Waals surface area contributed by atoms with E-state index in [4.69, 9.17) is 0 Å². The van der Waals surface area contributed by atoms with Crippen molar-refractivity contribution < 1.29 is 18.3 Å². The van der Waals surface area contributed by atoms with Crippen molar-refractivity contribution in [2.75, 3.05) is 11.9 Å². The number of benzene rings is 1. The Bertz CT molecular complexity index is 402. The van der Waals surface area contributed by atoms with Crippen molar-refractivity contribution in [3.05, 3.63) is 29.8 Å². The molecule has 0 aliphatic carbocycles. The minimum atomic E-state index is -2.89. The summed E-state index contributed by atoms with van der Waals surface area (Å²) in [6, 6.07) is 5.77. The van der Waals surface area contributed by atoms with Gasteiger partial charge >= 0.3 is 6.61 Å². The Hall–Kier alpha value is -1.17. The van der Waals surface area contributed by atoms with E-state index < -0.39 is 6.61 Å². The molecule has 0 heterocycles. The van der Waals surface area contributed by atoms with Crippen molar-refractivity contribution >= 4 is 21.8 Å². The highest BCUT2D eigenvalue weighted by atomic mass is 79.9. The lowest BCUT2D eigenvalue weighted by Gasteiger charge is -2.07. The molecule has 19 heavy (non-hydrogen) atoms. The van der Waals surface area contributed by atoms with Crippen LogP contribution in [0.1, 0.15) is 29.6 Å². The number of nitrogens with one attached hydrogen (secondary N) is 1. The maximum Gasteiger partial charge on any atom is 0.387 e. The molecule has 0 aliphatic rings. The molecular weight excluding hydrogens is 320 g/mol. The van der Waals surface area contributed by atoms with E-state index in [2.05, 4.69) is 26.0 Å². The van der Waals surface area contributed by atoms with Gasteiger partial charge < -0.3 is 10.1 Å². The third kappa shape index (κ3) is 6.52. The number of halogens is 3. The van der Waals surface area contributed by atoms with E-state index in [9.17, 15) is 13.6 Å². The van der Waals surface area contributed by atoms with E-state index in [1.165, 1.54) is 18.2 Å². The molecule has 1 amide bonds. The first kappa shape index (κ1) is 15.9. The van der Waals surface area contributed by atoms with Crippen LogP contribution >= 0.6 is 15.9 Å². The van der Waals surface area contributed by atoms with E-state index in [1.54, 1.807) is 6.07 Å². The number of unbranched alkanes of at least 4 members (excludes halogenated alkanes) is 2. The molecule has 1 aromatic rings. The highest BCUT2D eigenvalue weighted by molar-refractivity contribution is 9.09. The van der Waals surface area contributed by atoms with E-state index in [0.29, 0.717) is 12.1 Å². The Balaban J connectivity index is 2.43. The monoisotopic (exact) mass is 335 g/mol. The number of amides is 1. The van der Waals surface area contributed by atoms with Crippen molar-refractivity contribution in [2.24, 2.45) is 0 Å². The van der Waals surface area contributed by atoms with Crippen molar-refractivity contribution in [3.63, 3.8) is 0 Å². The topological polar surface area (TPSA) is 38.3 Å². The third-order valence-electron chi connectivity index (χ3n) is 2.42. The average molecular weight is 336 g/mol. The van der Waals surface area contributed by atoms with Gasteiger partial charge in [0.25, 0.3) is 5.91 Å². The second-order valence-corrected chi connectivity index (χ2v) is 4.70. The van der Waals surface area contributed by atoms with Gasteiger partial charge in [-0.2, -0.15) is 8.78 Å². The molecule has 106 valence electrons. The largest absolute Gasteiger partial charge is 0.435 e. The number of carbonyl (C=O) groups is 1. The number of hydrogen-bond donors (Lipinski definition) is 1. The molecule has 0 fully saturated rings. The first-order valence-electron chi connectivity index (χ1n) is 6.02. The molecule has 0 aromatic heterocycles. The van der Waals surface area contributed by atoms with Gasteiger partial charge in [0.15, 0.2) is 0 Å². The summed E-state index contributed by atoms with van der Waals surface area (Å²) in [4.78, 5) is 11.8. The second-order valence-electron chi connectivity index (χ2n) is 3.91. The van der Waals surface area contributed by atoms with Gasteiger partial charge in [-0.25, -0.2) is 0 Å². The average Bonchev–Trinajstić information content (AvgIpc) is 2.38. The van der Waals surface area contributed by atoms with Crippen LogP contribution in [0.15, 0.2) is 24.3 Å².